The number of hydrogen-bond donors (Lipinski definition) is 0. The maximum atomic E-state index is 2.44. The van der Waals surface area contributed by atoms with E-state index in [1.165, 1.54) is 260 Å². The fourth-order valence-electron chi connectivity index (χ4n) is 22.5. The third kappa shape index (κ3) is 13.3. The monoisotopic (exact) mass is 1850 g/mol. The summed E-state index contributed by atoms with van der Waals surface area (Å²) in [5.41, 5.74) is 36.8. The first-order chi connectivity index (χ1) is 70.0. The van der Waals surface area contributed by atoms with Gasteiger partial charge >= 0.3 is 0 Å². The molecule has 0 saturated carbocycles. The van der Waals surface area contributed by atoms with Crippen LogP contribution in [-0.2, 0) is 0 Å². The molecular weight excluding hydrogens is 1770 g/mol. The summed E-state index contributed by atoms with van der Waals surface area (Å²) in [6.45, 7) is 0. The Bertz CT molecular complexity index is 10200. The van der Waals surface area contributed by atoms with Crippen LogP contribution in [-0.4, -0.2) is 27.4 Å². The molecule has 141 heavy (non-hydrogen) atoms. The Labute approximate surface area is 824 Å². The summed E-state index contributed by atoms with van der Waals surface area (Å²) in [6, 6.07) is 185. The van der Waals surface area contributed by atoms with Crippen molar-refractivity contribution in [3.63, 3.8) is 0 Å². The number of aromatic nitrogens is 6. The van der Waals surface area contributed by atoms with Crippen LogP contribution in [0.3, 0.4) is 0 Å². The summed E-state index contributed by atoms with van der Waals surface area (Å²) in [5, 5.41) is 15.4. The Morgan fingerprint density at radius 2 is 0.390 bits per heavy atom. The predicted molar refractivity (Wildman–Crippen MR) is 604 cm³/mol. The quantitative estimate of drug-likeness (QED) is 0.117. The van der Waals surface area contributed by atoms with Crippen LogP contribution < -0.4 is 0 Å². The Hall–Kier alpha value is -17.7. The van der Waals surface area contributed by atoms with Crippen molar-refractivity contribution in [3.05, 3.63) is 510 Å². The molecule has 9 aromatic heterocycles. The molecule has 30 rings (SSSR count). The van der Waals surface area contributed by atoms with Crippen molar-refractivity contribution in [2.45, 2.75) is 0 Å². The summed E-state index contributed by atoms with van der Waals surface area (Å²) in [4.78, 5) is 0. The average molecular weight is 1850 g/mol. The number of fused-ring (bicyclic) bond motifs is 24. The molecule has 21 aromatic carbocycles. The van der Waals surface area contributed by atoms with Gasteiger partial charge in [-0.05, 0) is 213 Å². The third-order valence-corrected chi connectivity index (χ3v) is 32.1. The molecule has 9 heteroatoms. The molecule has 0 unspecified atom stereocenters. The molecule has 0 bridgehead atoms. The highest BCUT2D eigenvalue weighted by Gasteiger charge is 2.27. The number of thiophene rings is 3. The minimum atomic E-state index is 1.17. The Morgan fingerprint density at radius 3 is 0.844 bits per heavy atom. The van der Waals surface area contributed by atoms with Crippen LogP contribution in [0.5, 0.6) is 0 Å². The largest absolute Gasteiger partial charge is 0.309 e. The number of hydrogen-bond acceptors (Lipinski definition) is 3. The van der Waals surface area contributed by atoms with Crippen LogP contribution in [0.25, 0.3) is 260 Å². The lowest BCUT2D eigenvalue weighted by atomic mass is 9.91. The molecule has 0 radical (unpaired) electrons. The molecule has 0 atom stereocenters. The maximum absolute atomic E-state index is 2.44. The normalized spacial score (nSPS) is 11.8. The Balaban J connectivity index is 0.000000104. The van der Waals surface area contributed by atoms with Crippen LogP contribution in [0.1, 0.15) is 0 Å². The van der Waals surface area contributed by atoms with Crippen molar-refractivity contribution in [3.8, 4) is 101 Å². The van der Waals surface area contributed by atoms with Gasteiger partial charge in [-0.15, -0.1) is 34.0 Å². The fourth-order valence-corrected chi connectivity index (χ4v) is 26.3. The molecule has 660 valence electrons. The van der Waals surface area contributed by atoms with E-state index in [-0.39, 0.29) is 0 Å². The highest BCUT2D eigenvalue weighted by atomic mass is 32.1. The predicted octanol–water partition coefficient (Wildman–Crippen LogP) is 37.3. The first kappa shape index (κ1) is 81.6. The van der Waals surface area contributed by atoms with E-state index in [9.17, 15) is 0 Å². The van der Waals surface area contributed by atoms with Crippen molar-refractivity contribution in [2.24, 2.45) is 0 Å². The van der Waals surface area contributed by atoms with Crippen molar-refractivity contribution in [1.29, 1.82) is 0 Å². The highest BCUT2D eigenvalue weighted by molar-refractivity contribution is 7.27. The lowest BCUT2D eigenvalue weighted by Gasteiger charge is -2.15. The van der Waals surface area contributed by atoms with Gasteiger partial charge in [0.1, 0.15) is 0 Å². The number of para-hydroxylation sites is 13. The van der Waals surface area contributed by atoms with Gasteiger partial charge in [0.2, 0.25) is 0 Å². The zero-order valence-corrected chi connectivity index (χ0v) is 78.9. The first-order valence-corrected chi connectivity index (χ1v) is 50.5. The average Bonchev–Trinajstić information content (AvgIpc) is 1.58. The Kier molecular flexibility index (Phi) is 19.5. The first-order valence-electron chi connectivity index (χ1n) is 48.1. The molecule has 0 N–H and O–H groups in total. The lowest BCUT2D eigenvalue weighted by Crippen LogP contribution is -1.96. The molecule has 0 aliphatic heterocycles. The molecule has 0 aliphatic rings. The summed E-state index contributed by atoms with van der Waals surface area (Å²) in [6.07, 6.45) is 0. The molecule has 0 amide bonds. The molecule has 9 heterocycles. The van der Waals surface area contributed by atoms with Gasteiger partial charge in [-0.25, -0.2) is 0 Å². The highest BCUT2D eigenvalue weighted by Crippen LogP contribution is 2.52. The van der Waals surface area contributed by atoms with E-state index in [0.29, 0.717) is 0 Å². The van der Waals surface area contributed by atoms with Crippen LogP contribution in [0.15, 0.2) is 510 Å². The molecule has 0 spiro atoms. The summed E-state index contributed by atoms with van der Waals surface area (Å²) < 4.78 is 22.4. The molecule has 6 nitrogen and oxygen atoms in total. The number of nitrogens with zero attached hydrogens (tertiary/aromatic N) is 6. The smallest absolute Gasteiger partial charge is 0.0727 e. The van der Waals surface area contributed by atoms with E-state index >= 15 is 0 Å². The SMILES string of the molecule is c1ccc(-n2c3ccccc3c3c(-c4ccccc4-c4ccc5c(c4)sc4c6ccccc6n(-c6ccccc6)c54)cccc32)cc1.c1ccc(-n2c3ccccc3c3cc(-c4ccccc4-c4ccc5c(c4)sc4c6ccccc6n(-c6ccccc6)c54)ccc32)cc1.c1ccc(-n2c3ccccc3c3cccc(-c4ccccc4-c4ccc5sc6c7ccccc7n(-c7ccccc7)c6c5c4)c32)cc1. The van der Waals surface area contributed by atoms with Gasteiger partial charge in [0.25, 0.3) is 0 Å². The van der Waals surface area contributed by atoms with Gasteiger partial charge in [0, 0.05) is 118 Å². The Morgan fingerprint density at radius 1 is 0.128 bits per heavy atom. The van der Waals surface area contributed by atoms with Crippen molar-refractivity contribution in [2.75, 3.05) is 0 Å². The molecule has 0 saturated heterocycles. The molecule has 0 fully saturated rings. The fraction of sp³-hybridized carbons (Fsp3) is 0. The van der Waals surface area contributed by atoms with E-state index in [2.05, 4.69) is 537 Å². The third-order valence-electron chi connectivity index (χ3n) is 28.6. The minimum Gasteiger partial charge on any atom is -0.309 e. The lowest BCUT2D eigenvalue weighted by molar-refractivity contribution is 1.18. The summed E-state index contributed by atoms with van der Waals surface area (Å²) in [5.74, 6) is 0. The summed E-state index contributed by atoms with van der Waals surface area (Å²) >= 11 is 5.69. The van der Waals surface area contributed by atoms with Gasteiger partial charge in [-0.1, -0.05) is 358 Å². The van der Waals surface area contributed by atoms with Crippen molar-refractivity contribution in [1.82, 2.24) is 27.4 Å². The van der Waals surface area contributed by atoms with Gasteiger partial charge in [-0.3, -0.25) is 0 Å². The van der Waals surface area contributed by atoms with Crippen LogP contribution in [0.2, 0.25) is 0 Å². The second-order valence-electron chi connectivity index (χ2n) is 36.4. The van der Waals surface area contributed by atoms with E-state index in [4.69, 9.17) is 0 Å². The summed E-state index contributed by atoms with van der Waals surface area (Å²) in [7, 11) is 0. The van der Waals surface area contributed by atoms with Crippen LogP contribution in [0.4, 0.5) is 0 Å². The van der Waals surface area contributed by atoms with Crippen molar-refractivity contribution < 1.29 is 0 Å². The number of rotatable bonds is 12. The van der Waals surface area contributed by atoms with E-state index in [1.807, 2.05) is 34.0 Å². The van der Waals surface area contributed by atoms with Crippen LogP contribution >= 0.6 is 34.0 Å². The van der Waals surface area contributed by atoms with Crippen LogP contribution in [0, 0.1) is 0 Å². The molecular formula is C132H84N6S3. The second-order valence-corrected chi connectivity index (χ2v) is 39.5. The maximum Gasteiger partial charge on any atom is 0.0727 e. The second kappa shape index (κ2) is 33.6. The zero-order chi connectivity index (χ0) is 92.7. The standard InChI is InChI=1S/3C44H28N2S/c1-3-14-30(15-4-1)45-39-24-11-9-20-34(39)36-23-13-22-35(42(36)45)33-19-8-7-18-32(33)29-26-27-41-38(28-29)43-44(47-41)37-21-10-12-25-40(37)46(43)31-16-5-2-6-17-31;1-3-14-30(15-4-1)45-38-23-11-9-20-35(38)42-34(22-13-25-40(42)45)33-19-8-7-18-32(33)29-26-27-37-41(28-29)47-44-36-21-10-12-24-39(36)46(43(37)44)31-16-5-2-6-17-31;1-3-13-31(14-4-1)45-39-21-11-9-19-35(39)38-27-29(24-26-41(38)45)33-17-7-8-18-34(33)30-23-25-37-42(28-30)47-44-36-20-10-12-22-40(36)46(43(37)44)32-15-5-2-6-16-32/h3*1-28H. The van der Waals surface area contributed by atoms with Gasteiger partial charge in [0.05, 0.1) is 80.3 Å². The van der Waals surface area contributed by atoms with Gasteiger partial charge < -0.3 is 27.4 Å². The minimum absolute atomic E-state index is 1.17. The van der Waals surface area contributed by atoms with E-state index in [1.54, 1.807) is 0 Å². The van der Waals surface area contributed by atoms with Gasteiger partial charge in [0.15, 0.2) is 0 Å². The topological polar surface area (TPSA) is 29.6 Å². The molecule has 0 aliphatic carbocycles. The van der Waals surface area contributed by atoms with E-state index in [0.717, 1.165) is 0 Å². The van der Waals surface area contributed by atoms with Gasteiger partial charge in [-0.2, -0.15) is 0 Å². The van der Waals surface area contributed by atoms with Crippen molar-refractivity contribution >= 4 is 193 Å². The van der Waals surface area contributed by atoms with E-state index < -0.39 is 0 Å². The zero-order valence-electron chi connectivity index (χ0n) is 76.4. The number of benzene rings is 21. The molecule has 30 aromatic rings.